The predicted molar refractivity (Wildman–Crippen MR) is 107 cm³/mol. The van der Waals surface area contributed by atoms with Crippen molar-refractivity contribution in [3.8, 4) is 17.1 Å². The molecule has 0 aliphatic heterocycles. The average Bonchev–Trinajstić information content (AvgIpc) is 3.33. The van der Waals surface area contributed by atoms with E-state index in [0.29, 0.717) is 17.1 Å². The third-order valence-corrected chi connectivity index (χ3v) is 4.18. The van der Waals surface area contributed by atoms with Crippen LogP contribution in [-0.2, 0) is 0 Å². The summed E-state index contributed by atoms with van der Waals surface area (Å²) in [6.07, 6.45) is 3.54. The molecule has 4 rings (SSSR count). The molecular weight excluding hydrogens is 354 g/mol. The lowest BCUT2D eigenvalue weighted by Gasteiger charge is -1.98. The Kier molecular flexibility index (Phi) is 4.60. The number of hydrogen-bond acceptors (Lipinski definition) is 4. The van der Waals surface area contributed by atoms with Gasteiger partial charge in [0, 0.05) is 18.0 Å². The number of aromatic carboxylic acids is 1. The third kappa shape index (κ3) is 3.61. The van der Waals surface area contributed by atoms with E-state index in [-0.39, 0.29) is 5.56 Å². The van der Waals surface area contributed by atoms with Crippen LogP contribution in [0.3, 0.4) is 0 Å². The number of aliphatic imine (C=N–C) groups is 1. The largest absolute Gasteiger partial charge is 0.478 e. The van der Waals surface area contributed by atoms with Gasteiger partial charge in [-0.05, 0) is 49.4 Å². The zero-order valence-corrected chi connectivity index (χ0v) is 15.1. The van der Waals surface area contributed by atoms with Gasteiger partial charge in [-0.25, -0.2) is 9.48 Å². The minimum atomic E-state index is -0.985. The van der Waals surface area contributed by atoms with E-state index in [1.165, 1.54) is 12.1 Å². The summed E-state index contributed by atoms with van der Waals surface area (Å²) in [5, 5.41) is 13.8. The molecule has 0 amide bonds. The fraction of sp³-hybridized carbons (Fsp3) is 0.0455. The maximum absolute atomic E-state index is 11.2. The maximum Gasteiger partial charge on any atom is 0.335 e. The van der Waals surface area contributed by atoms with Gasteiger partial charge >= 0.3 is 5.97 Å². The topological polar surface area (TPSA) is 80.6 Å². The standard InChI is InChI=1S/C22H17N3O3/c1-15-10-11-20(28-15)21-17(14-25(24-21)19-8-3-2-4-9-19)13-23-18-7-5-6-16(12-18)22(26)27/h2-14H,1H3,(H,26,27). The number of aryl methyl sites for hydroxylation is 1. The molecule has 2 aromatic heterocycles. The number of carboxylic acid groups (broad SMARTS) is 1. The van der Waals surface area contributed by atoms with Gasteiger partial charge in [-0.2, -0.15) is 5.10 Å². The number of para-hydroxylation sites is 1. The van der Waals surface area contributed by atoms with Crippen LogP contribution in [0, 0.1) is 6.92 Å². The van der Waals surface area contributed by atoms with Crippen molar-refractivity contribution in [2.24, 2.45) is 4.99 Å². The summed E-state index contributed by atoms with van der Waals surface area (Å²) in [5.74, 6) is 0.454. The average molecular weight is 371 g/mol. The number of benzene rings is 2. The Labute approximate surface area is 161 Å². The van der Waals surface area contributed by atoms with Crippen molar-refractivity contribution in [3.05, 3.63) is 89.8 Å². The van der Waals surface area contributed by atoms with E-state index in [1.54, 1.807) is 23.0 Å². The molecule has 6 heteroatoms. The lowest BCUT2D eigenvalue weighted by molar-refractivity contribution is 0.0697. The number of furan rings is 1. The van der Waals surface area contributed by atoms with Crippen molar-refractivity contribution < 1.29 is 14.3 Å². The summed E-state index contributed by atoms with van der Waals surface area (Å²) in [5.41, 5.74) is 3.08. The van der Waals surface area contributed by atoms with E-state index >= 15 is 0 Å². The summed E-state index contributed by atoms with van der Waals surface area (Å²) in [6.45, 7) is 1.88. The number of aromatic nitrogens is 2. The smallest absolute Gasteiger partial charge is 0.335 e. The highest BCUT2D eigenvalue weighted by atomic mass is 16.4. The summed E-state index contributed by atoms with van der Waals surface area (Å²) < 4.78 is 7.51. The zero-order valence-electron chi connectivity index (χ0n) is 15.1. The molecule has 0 bridgehead atoms. The van der Waals surface area contributed by atoms with Crippen LogP contribution in [0.2, 0.25) is 0 Å². The molecule has 0 spiro atoms. The summed E-state index contributed by atoms with van der Waals surface area (Å²) >= 11 is 0. The van der Waals surface area contributed by atoms with Gasteiger partial charge < -0.3 is 9.52 Å². The van der Waals surface area contributed by atoms with Gasteiger partial charge in [-0.3, -0.25) is 4.99 Å². The molecule has 0 saturated heterocycles. The molecule has 6 nitrogen and oxygen atoms in total. The van der Waals surface area contributed by atoms with E-state index in [2.05, 4.69) is 10.1 Å². The molecule has 1 N–H and O–H groups in total. The molecule has 0 radical (unpaired) electrons. The van der Waals surface area contributed by atoms with E-state index in [0.717, 1.165) is 17.0 Å². The van der Waals surface area contributed by atoms with Crippen LogP contribution in [0.4, 0.5) is 5.69 Å². The molecule has 0 unspecified atom stereocenters. The van der Waals surface area contributed by atoms with Crippen LogP contribution in [0.5, 0.6) is 0 Å². The Morgan fingerprint density at radius 1 is 1.11 bits per heavy atom. The number of carbonyl (C=O) groups is 1. The van der Waals surface area contributed by atoms with Gasteiger partial charge in [0.15, 0.2) is 5.76 Å². The summed E-state index contributed by atoms with van der Waals surface area (Å²) in [7, 11) is 0. The molecule has 4 aromatic rings. The Bertz CT molecular complexity index is 1160. The monoisotopic (exact) mass is 371 g/mol. The van der Waals surface area contributed by atoms with Crippen molar-refractivity contribution in [3.63, 3.8) is 0 Å². The third-order valence-electron chi connectivity index (χ3n) is 4.18. The van der Waals surface area contributed by atoms with Crippen molar-refractivity contribution in [1.29, 1.82) is 0 Å². The van der Waals surface area contributed by atoms with Gasteiger partial charge in [-0.1, -0.05) is 24.3 Å². The minimum Gasteiger partial charge on any atom is -0.478 e. The van der Waals surface area contributed by atoms with E-state index in [1.807, 2.05) is 55.6 Å². The maximum atomic E-state index is 11.2. The summed E-state index contributed by atoms with van der Waals surface area (Å²) in [6, 6.07) is 20.0. The Morgan fingerprint density at radius 3 is 2.64 bits per heavy atom. The van der Waals surface area contributed by atoms with Gasteiger partial charge in [-0.15, -0.1) is 0 Å². The van der Waals surface area contributed by atoms with Crippen molar-refractivity contribution in [1.82, 2.24) is 9.78 Å². The second kappa shape index (κ2) is 7.36. The number of carboxylic acids is 1. The molecule has 0 atom stereocenters. The Balaban J connectivity index is 1.75. The van der Waals surface area contributed by atoms with Gasteiger partial charge in [0.05, 0.1) is 16.9 Å². The first-order valence-corrected chi connectivity index (χ1v) is 8.69. The number of hydrogen-bond donors (Lipinski definition) is 1. The molecule has 138 valence electrons. The Morgan fingerprint density at radius 2 is 1.93 bits per heavy atom. The summed E-state index contributed by atoms with van der Waals surface area (Å²) in [4.78, 5) is 15.6. The lowest BCUT2D eigenvalue weighted by Crippen LogP contribution is -1.94. The molecule has 0 aliphatic rings. The van der Waals surface area contributed by atoms with Crippen LogP contribution >= 0.6 is 0 Å². The minimum absolute atomic E-state index is 0.191. The van der Waals surface area contributed by atoms with Gasteiger partial charge in [0.2, 0.25) is 0 Å². The van der Waals surface area contributed by atoms with Crippen LogP contribution in [0.25, 0.3) is 17.1 Å². The predicted octanol–water partition coefficient (Wildman–Crippen LogP) is 4.89. The fourth-order valence-corrected chi connectivity index (χ4v) is 2.81. The second-order valence-electron chi connectivity index (χ2n) is 6.24. The first-order chi connectivity index (χ1) is 13.6. The molecule has 0 aliphatic carbocycles. The highest BCUT2D eigenvalue weighted by Crippen LogP contribution is 2.25. The lowest BCUT2D eigenvalue weighted by atomic mass is 10.2. The number of nitrogens with zero attached hydrogens (tertiary/aromatic N) is 3. The zero-order chi connectivity index (χ0) is 19.5. The van der Waals surface area contributed by atoms with Gasteiger partial charge in [0.1, 0.15) is 11.5 Å². The van der Waals surface area contributed by atoms with Crippen LogP contribution < -0.4 is 0 Å². The highest BCUT2D eigenvalue weighted by molar-refractivity contribution is 5.91. The Hall–Kier alpha value is -3.93. The molecule has 0 saturated carbocycles. The first-order valence-electron chi connectivity index (χ1n) is 8.69. The van der Waals surface area contributed by atoms with E-state index in [9.17, 15) is 4.79 Å². The van der Waals surface area contributed by atoms with E-state index in [4.69, 9.17) is 9.52 Å². The molecule has 2 aromatic carbocycles. The first kappa shape index (κ1) is 17.5. The van der Waals surface area contributed by atoms with Crippen molar-refractivity contribution in [2.75, 3.05) is 0 Å². The SMILES string of the molecule is Cc1ccc(-c2nn(-c3ccccc3)cc2C=Nc2cccc(C(=O)O)c2)o1. The molecule has 2 heterocycles. The van der Waals surface area contributed by atoms with Crippen LogP contribution in [0.1, 0.15) is 21.7 Å². The number of rotatable bonds is 5. The molecular formula is C22H17N3O3. The fourth-order valence-electron chi connectivity index (χ4n) is 2.81. The quantitative estimate of drug-likeness (QED) is 0.507. The van der Waals surface area contributed by atoms with Crippen LogP contribution in [0.15, 0.2) is 82.3 Å². The normalized spacial score (nSPS) is 11.2. The van der Waals surface area contributed by atoms with Crippen molar-refractivity contribution >= 4 is 17.9 Å². The van der Waals surface area contributed by atoms with E-state index < -0.39 is 5.97 Å². The molecule has 28 heavy (non-hydrogen) atoms. The second-order valence-corrected chi connectivity index (χ2v) is 6.24. The van der Waals surface area contributed by atoms with Crippen LogP contribution in [-0.4, -0.2) is 27.1 Å². The highest BCUT2D eigenvalue weighted by Gasteiger charge is 2.14. The van der Waals surface area contributed by atoms with Crippen molar-refractivity contribution in [2.45, 2.75) is 6.92 Å². The van der Waals surface area contributed by atoms with Gasteiger partial charge in [0.25, 0.3) is 0 Å². The molecule has 0 fully saturated rings.